The van der Waals surface area contributed by atoms with Gasteiger partial charge in [0, 0.05) is 24.3 Å². The standard InChI is InChI=1S/C20H21ClN4O/c1-26-18-4-2-3-15(13-18)9-11-22-19-10-12-23-20(25-19)24-14-16-5-7-17(21)8-6-16/h2-8,10,12-13H,9,11,14H2,1H3,(H2,22,23,24,25). The van der Waals surface area contributed by atoms with Crippen LogP contribution in [0.2, 0.25) is 5.02 Å². The molecule has 0 unspecified atom stereocenters. The molecule has 0 atom stereocenters. The monoisotopic (exact) mass is 368 g/mol. The zero-order valence-electron chi connectivity index (χ0n) is 14.6. The number of nitrogens with one attached hydrogen (secondary N) is 2. The molecular weight excluding hydrogens is 348 g/mol. The predicted molar refractivity (Wildman–Crippen MR) is 106 cm³/mol. The lowest BCUT2D eigenvalue weighted by Gasteiger charge is -2.09. The molecule has 0 aliphatic carbocycles. The first-order chi connectivity index (χ1) is 12.7. The average molecular weight is 369 g/mol. The Hall–Kier alpha value is -2.79. The largest absolute Gasteiger partial charge is 0.497 e. The van der Waals surface area contributed by atoms with Gasteiger partial charge in [0.2, 0.25) is 5.95 Å². The zero-order valence-corrected chi connectivity index (χ0v) is 15.3. The number of anilines is 2. The van der Waals surface area contributed by atoms with E-state index in [0.29, 0.717) is 12.5 Å². The first-order valence-corrected chi connectivity index (χ1v) is 8.79. The van der Waals surface area contributed by atoms with E-state index < -0.39 is 0 Å². The van der Waals surface area contributed by atoms with Gasteiger partial charge >= 0.3 is 0 Å². The quantitative estimate of drug-likeness (QED) is 0.617. The van der Waals surface area contributed by atoms with E-state index in [9.17, 15) is 0 Å². The first kappa shape index (κ1) is 18.0. The van der Waals surface area contributed by atoms with Crippen LogP contribution in [0.5, 0.6) is 5.75 Å². The molecule has 5 nitrogen and oxygen atoms in total. The van der Waals surface area contributed by atoms with Gasteiger partial charge in [-0.05, 0) is 47.9 Å². The van der Waals surface area contributed by atoms with Crippen molar-refractivity contribution in [2.24, 2.45) is 0 Å². The Balaban J connectivity index is 1.51. The molecule has 0 saturated heterocycles. The molecule has 6 heteroatoms. The van der Waals surface area contributed by atoms with Crippen LogP contribution in [0.1, 0.15) is 11.1 Å². The average Bonchev–Trinajstić information content (AvgIpc) is 2.68. The van der Waals surface area contributed by atoms with E-state index in [1.807, 2.05) is 48.5 Å². The summed E-state index contributed by atoms with van der Waals surface area (Å²) in [6.45, 7) is 1.42. The van der Waals surface area contributed by atoms with Crippen molar-refractivity contribution in [2.45, 2.75) is 13.0 Å². The lowest BCUT2D eigenvalue weighted by Crippen LogP contribution is -2.09. The minimum absolute atomic E-state index is 0.589. The molecule has 2 N–H and O–H groups in total. The Morgan fingerprint density at radius 2 is 1.85 bits per heavy atom. The highest BCUT2D eigenvalue weighted by molar-refractivity contribution is 6.30. The maximum Gasteiger partial charge on any atom is 0.224 e. The molecule has 0 saturated carbocycles. The highest BCUT2D eigenvalue weighted by Gasteiger charge is 2.01. The number of benzene rings is 2. The van der Waals surface area contributed by atoms with Gasteiger partial charge in [-0.2, -0.15) is 4.98 Å². The number of aromatic nitrogens is 2. The van der Waals surface area contributed by atoms with Crippen molar-refractivity contribution >= 4 is 23.4 Å². The fraction of sp³-hybridized carbons (Fsp3) is 0.200. The molecule has 0 aliphatic heterocycles. The minimum atomic E-state index is 0.589. The van der Waals surface area contributed by atoms with Gasteiger partial charge in [0.25, 0.3) is 0 Å². The SMILES string of the molecule is COc1cccc(CCNc2ccnc(NCc3ccc(Cl)cc3)n2)c1. The molecule has 0 spiro atoms. The number of hydrogen-bond acceptors (Lipinski definition) is 5. The summed E-state index contributed by atoms with van der Waals surface area (Å²) < 4.78 is 5.25. The van der Waals surface area contributed by atoms with E-state index >= 15 is 0 Å². The van der Waals surface area contributed by atoms with Crippen molar-refractivity contribution in [3.63, 3.8) is 0 Å². The Bertz CT molecular complexity index is 839. The Morgan fingerprint density at radius 3 is 2.65 bits per heavy atom. The second-order valence-corrected chi connectivity index (χ2v) is 6.21. The van der Waals surface area contributed by atoms with Crippen LogP contribution in [0.3, 0.4) is 0 Å². The molecular formula is C20H21ClN4O. The third-order valence-electron chi connectivity index (χ3n) is 3.87. The van der Waals surface area contributed by atoms with E-state index in [0.717, 1.165) is 35.1 Å². The van der Waals surface area contributed by atoms with E-state index in [4.69, 9.17) is 16.3 Å². The Labute approximate surface area is 158 Å². The number of rotatable bonds is 8. The van der Waals surface area contributed by atoms with Crippen molar-refractivity contribution in [1.82, 2.24) is 9.97 Å². The topological polar surface area (TPSA) is 59.1 Å². The second kappa shape index (κ2) is 9.06. The molecule has 26 heavy (non-hydrogen) atoms. The Kier molecular flexibility index (Phi) is 6.28. The third kappa shape index (κ3) is 5.36. The Morgan fingerprint density at radius 1 is 1.00 bits per heavy atom. The summed E-state index contributed by atoms with van der Waals surface area (Å²) in [5.74, 6) is 2.26. The van der Waals surface area contributed by atoms with Crippen LogP contribution in [0, 0.1) is 0 Å². The van der Waals surface area contributed by atoms with Gasteiger partial charge in [-0.3, -0.25) is 0 Å². The van der Waals surface area contributed by atoms with E-state index in [-0.39, 0.29) is 0 Å². The maximum atomic E-state index is 5.90. The lowest BCUT2D eigenvalue weighted by molar-refractivity contribution is 0.414. The molecule has 0 bridgehead atoms. The second-order valence-electron chi connectivity index (χ2n) is 5.77. The van der Waals surface area contributed by atoms with Crippen molar-refractivity contribution < 1.29 is 4.74 Å². The third-order valence-corrected chi connectivity index (χ3v) is 4.13. The van der Waals surface area contributed by atoms with Gasteiger partial charge in [-0.1, -0.05) is 35.9 Å². The van der Waals surface area contributed by atoms with Gasteiger partial charge in [0.15, 0.2) is 0 Å². The highest BCUT2D eigenvalue weighted by Crippen LogP contribution is 2.14. The molecule has 0 fully saturated rings. The molecule has 3 rings (SSSR count). The van der Waals surface area contributed by atoms with Crippen LogP contribution < -0.4 is 15.4 Å². The van der Waals surface area contributed by atoms with Crippen LogP contribution in [0.25, 0.3) is 0 Å². The number of ether oxygens (including phenoxy) is 1. The van der Waals surface area contributed by atoms with Crippen molar-refractivity contribution in [2.75, 3.05) is 24.3 Å². The van der Waals surface area contributed by atoms with Crippen LogP contribution in [-0.4, -0.2) is 23.6 Å². The summed E-state index contributed by atoms with van der Waals surface area (Å²) in [6.07, 6.45) is 2.62. The van der Waals surface area contributed by atoms with E-state index in [1.54, 1.807) is 13.3 Å². The van der Waals surface area contributed by atoms with Crippen LogP contribution in [-0.2, 0) is 13.0 Å². The molecule has 0 aliphatic rings. The molecule has 134 valence electrons. The summed E-state index contributed by atoms with van der Waals surface area (Å²) in [7, 11) is 1.68. The van der Waals surface area contributed by atoms with Gasteiger partial charge in [0.05, 0.1) is 7.11 Å². The number of nitrogens with zero attached hydrogens (tertiary/aromatic N) is 2. The smallest absolute Gasteiger partial charge is 0.224 e. The van der Waals surface area contributed by atoms with Crippen LogP contribution >= 0.6 is 11.6 Å². The lowest BCUT2D eigenvalue weighted by atomic mass is 10.1. The van der Waals surface area contributed by atoms with Crippen molar-refractivity contribution in [3.8, 4) is 5.75 Å². The van der Waals surface area contributed by atoms with Crippen LogP contribution in [0.15, 0.2) is 60.8 Å². The van der Waals surface area contributed by atoms with E-state index in [1.165, 1.54) is 5.56 Å². The predicted octanol–water partition coefficient (Wildman–Crippen LogP) is 4.41. The number of hydrogen-bond donors (Lipinski definition) is 2. The molecule has 0 radical (unpaired) electrons. The fourth-order valence-electron chi connectivity index (χ4n) is 2.49. The molecule has 1 aromatic heterocycles. The molecule has 0 amide bonds. The summed E-state index contributed by atoms with van der Waals surface area (Å²) in [5.41, 5.74) is 2.33. The maximum absolute atomic E-state index is 5.90. The summed E-state index contributed by atoms with van der Waals surface area (Å²) in [4.78, 5) is 8.74. The van der Waals surface area contributed by atoms with Crippen LogP contribution in [0.4, 0.5) is 11.8 Å². The van der Waals surface area contributed by atoms with Gasteiger partial charge in [-0.15, -0.1) is 0 Å². The molecule has 1 heterocycles. The number of methoxy groups -OCH3 is 1. The van der Waals surface area contributed by atoms with Gasteiger partial charge in [0.1, 0.15) is 11.6 Å². The van der Waals surface area contributed by atoms with Crippen molar-refractivity contribution in [1.29, 1.82) is 0 Å². The van der Waals surface area contributed by atoms with Gasteiger partial charge < -0.3 is 15.4 Å². The molecule has 3 aromatic rings. The minimum Gasteiger partial charge on any atom is -0.497 e. The first-order valence-electron chi connectivity index (χ1n) is 8.41. The number of halogens is 1. The zero-order chi connectivity index (χ0) is 18.2. The van der Waals surface area contributed by atoms with E-state index in [2.05, 4.69) is 26.7 Å². The normalized spacial score (nSPS) is 10.4. The highest BCUT2D eigenvalue weighted by atomic mass is 35.5. The fourth-order valence-corrected chi connectivity index (χ4v) is 2.61. The summed E-state index contributed by atoms with van der Waals surface area (Å²) in [6, 6.07) is 17.6. The summed E-state index contributed by atoms with van der Waals surface area (Å²) >= 11 is 5.90. The summed E-state index contributed by atoms with van der Waals surface area (Å²) in [5, 5.41) is 7.28. The molecule has 2 aromatic carbocycles. The van der Waals surface area contributed by atoms with Crippen molar-refractivity contribution in [3.05, 3.63) is 76.9 Å². The van der Waals surface area contributed by atoms with Gasteiger partial charge in [-0.25, -0.2) is 4.98 Å².